The molecular weight excluding hydrogens is 332 g/mol. The SMILES string of the molecule is COc1ccc([N+](=O)[O-])cc1C[C@H](NC(=O)[C@@H](O)CC(C)C)C(=O)O. The van der Waals surface area contributed by atoms with Crippen molar-refractivity contribution >= 4 is 17.6 Å². The lowest BCUT2D eigenvalue weighted by molar-refractivity contribution is -0.384. The molecule has 0 fully saturated rings. The van der Waals surface area contributed by atoms with E-state index in [1.165, 1.54) is 25.3 Å². The van der Waals surface area contributed by atoms with Crippen LogP contribution in [0.1, 0.15) is 25.8 Å². The van der Waals surface area contributed by atoms with E-state index >= 15 is 0 Å². The van der Waals surface area contributed by atoms with Crippen LogP contribution < -0.4 is 10.1 Å². The Morgan fingerprint density at radius 3 is 2.48 bits per heavy atom. The molecule has 0 saturated carbocycles. The maximum absolute atomic E-state index is 11.9. The summed E-state index contributed by atoms with van der Waals surface area (Å²) >= 11 is 0. The Morgan fingerprint density at radius 2 is 2.00 bits per heavy atom. The number of carbonyl (C=O) groups excluding carboxylic acids is 1. The number of carboxylic acid groups (broad SMARTS) is 1. The lowest BCUT2D eigenvalue weighted by Gasteiger charge is -2.19. The fraction of sp³-hybridized carbons (Fsp3) is 0.500. The van der Waals surface area contributed by atoms with Crippen molar-refractivity contribution in [3.8, 4) is 5.75 Å². The van der Waals surface area contributed by atoms with Crippen LogP contribution in [-0.2, 0) is 16.0 Å². The molecule has 1 aromatic carbocycles. The molecule has 25 heavy (non-hydrogen) atoms. The number of rotatable bonds is 9. The van der Waals surface area contributed by atoms with Gasteiger partial charge in [0.1, 0.15) is 17.9 Å². The van der Waals surface area contributed by atoms with E-state index in [0.717, 1.165) is 0 Å². The molecule has 0 aliphatic heterocycles. The molecule has 9 heteroatoms. The number of benzene rings is 1. The highest BCUT2D eigenvalue weighted by atomic mass is 16.6. The maximum Gasteiger partial charge on any atom is 0.326 e. The van der Waals surface area contributed by atoms with Gasteiger partial charge in [-0.05, 0) is 18.4 Å². The highest BCUT2D eigenvalue weighted by molar-refractivity contribution is 5.86. The number of nitro benzene ring substituents is 1. The number of ether oxygens (including phenoxy) is 1. The van der Waals surface area contributed by atoms with Crippen molar-refractivity contribution < 1.29 is 29.5 Å². The van der Waals surface area contributed by atoms with Gasteiger partial charge in [0.05, 0.1) is 12.0 Å². The summed E-state index contributed by atoms with van der Waals surface area (Å²) in [6, 6.07) is 2.45. The summed E-state index contributed by atoms with van der Waals surface area (Å²) < 4.78 is 5.09. The van der Waals surface area contributed by atoms with Gasteiger partial charge in [0.25, 0.3) is 5.69 Å². The van der Waals surface area contributed by atoms with Crippen LogP contribution in [0.4, 0.5) is 5.69 Å². The molecule has 0 unspecified atom stereocenters. The summed E-state index contributed by atoms with van der Waals surface area (Å²) in [7, 11) is 1.35. The Bertz CT molecular complexity index is 645. The largest absolute Gasteiger partial charge is 0.496 e. The highest BCUT2D eigenvalue weighted by Gasteiger charge is 2.26. The zero-order valence-electron chi connectivity index (χ0n) is 14.3. The Kier molecular flexibility index (Phi) is 7.31. The maximum atomic E-state index is 11.9. The van der Waals surface area contributed by atoms with Crippen molar-refractivity contribution in [2.45, 2.75) is 38.8 Å². The molecule has 3 N–H and O–H groups in total. The average Bonchev–Trinajstić information content (AvgIpc) is 2.52. The van der Waals surface area contributed by atoms with Gasteiger partial charge >= 0.3 is 5.97 Å². The summed E-state index contributed by atoms with van der Waals surface area (Å²) in [5.41, 5.74) is 0.0499. The minimum atomic E-state index is -1.36. The number of non-ortho nitro benzene ring substituents is 1. The van der Waals surface area contributed by atoms with Crippen molar-refractivity contribution in [1.29, 1.82) is 0 Å². The van der Waals surface area contributed by atoms with Crippen molar-refractivity contribution in [3.63, 3.8) is 0 Å². The number of carbonyl (C=O) groups is 2. The number of aliphatic hydroxyl groups excluding tert-OH is 1. The van der Waals surface area contributed by atoms with Crippen LogP contribution in [0.2, 0.25) is 0 Å². The van der Waals surface area contributed by atoms with E-state index < -0.39 is 28.9 Å². The normalized spacial score (nSPS) is 13.2. The first-order valence-electron chi connectivity index (χ1n) is 7.68. The van der Waals surface area contributed by atoms with E-state index in [1.54, 1.807) is 0 Å². The minimum absolute atomic E-state index is 0.0564. The van der Waals surface area contributed by atoms with Crippen LogP contribution in [0, 0.1) is 16.0 Å². The summed E-state index contributed by atoms with van der Waals surface area (Å²) in [5.74, 6) is -1.79. The van der Waals surface area contributed by atoms with Crippen molar-refractivity contribution in [3.05, 3.63) is 33.9 Å². The monoisotopic (exact) mass is 354 g/mol. The van der Waals surface area contributed by atoms with Crippen LogP contribution >= 0.6 is 0 Å². The molecule has 1 amide bonds. The third-order valence-corrected chi connectivity index (χ3v) is 3.51. The van der Waals surface area contributed by atoms with Crippen molar-refractivity contribution in [2.24, 2.45) is 5.92 Å². The first kappa shape index (κ1) is 20.4. The Balaban J connectivity index is 2.98. The van der Waals surface area contributed by atoms with E-state index in [9.17, 15) is 29.9 Å². The highest BCUT2D eigenvalue weighted by Crippen LogP contribution is 2.25. The summed E-state index contributed by atoms with van der Waals surface area (Å²) in [6.07, 6.45) is -1.35. The van der Waals surface area contributed by atoms with Crippen LogP contribution in [0.15, 0.2) is 18.2 Å². The predicted molar refractivity (Wildman–Crippen MR) is 88.4 cm³/mol. The van der Waals surface area contributed by atoms with Crippen molar-refractivity contribution in [2.75, 3.05) is 7.11 Å². The van der Waals surface area contributed by atoms with Gasteiger partial charge in [-0.1, -0.05) is 13.8 Å². The average molecular weight is 354 g/mol. The van der Waals surface area contributed by atoms with Crippen LogP contribution in [0.5, 0.6) is 5.75 Å². The third-order valence-electron chi connectivity index (χ3n) is 3.51. The standard InChI is InChI=1S/C16H22N2O7/c1-9(2)6-13(19)15(20)17-12(16(21)22)8-10-7-11(18(23)24)4-5-14(10)25-3/h4-5,7,9,12-13,19H,6,8H2,1-3H3,(H,17,20)(H,21,22)/t12-,13-/m0/s1. The molecular formula is C16H22N2O7. The number of nitrogens with one attached hydrogen (secondary N) is 1. The van der Waals surface area contributed by atoms with Gasteiger partial charge in [0.15, 0.2) is 0 Å². The lowest BCUT2D eigenvalue weighted by atomic mass is 10.0. The van der Waals surface area contributed by atoms with Crippen LogP contribution in [-0.4, -0.2) is 46.3 Å². The zero-order chi connectivity index (χ0) is 19.1. The molecule has 0 spiro atoms. The second-order valence-corrected chi connectivity index (χ2v) is 6.00. The van der Waals surface area contributed by atoms with Gasteiger partial charge in [-0.3, -0.25) is 14.9 Å². The molecule has 0 radical (unpaired) electrons. The fourth-order valence-electron chi connectivity index (χ4n) is 2.28. The first-order valence-corrected chi connectivity index (χ1v) is 7.68. The van der Waals surface area contributed by atoms with Crippen LogP contribution in [0.25, 0.3) is 0 Å². The molecule has 0 bridgehead atoms. The second-order valence-electron chi connectivity index (χ2n) is 6.00. The molecule has 138 valence electrons. The van der Waals surface area contributed by atoms with Gasteiger partial charge in [0, 0.05) is 24.1 Å². The molecule has 0 aliphatic carbocycles. The molecule has 0 saturated heterocycles. The summed E-state index contributed by atoms with van der Waals surface area (Å²) in [4.78, 5) is 33.7. The van der Waals surface area contributed by atoms with E-state index in [0.29, 0.717) is 0 Å². The number of carboxylic acids is 1. The number of nitro groups is 1. The first-order chi connectivity index (χ1) is 11.6. The molecule has 1 rings (SSSR count). The smallest absolute Gasteiger partial charge is 0.326 e. The Hall–Kier alpha value is -2.68. The van der Waals surface area contributed by atoms with Crippen LogP contribution in [0.3, 0.4) is 0 Å². The predicted octanol–water partition coefficient (Wildman–Crippen LogP) is 1.12. The number of nitrogens with zero attached hydrogens (tertiary/aromatic N) is 1. The Labute approximate surface area is 144 Å². The molecule has 9 nitrogen and oxygen atoms in total. The number of aliphatic hydroxyl groups is 1. The second kappa shape index (κ2) is 8.97. The van der Waals surface area contributed by atoms with E-state index in [4.69, 9.17) is 4.74 Å². The van der Waals surface area contributed by atoms with Gasteiger partial charge < -0.3 is 20.3 Å². The fourth-order valence-corrected chi connectivity index (χ4v) is 2.28. The number of hydrogen-bond donors (Lipinski definition) is 3. The molecule has 1 aromatic rings. The summed E-state index contributed by atoms with van der Waals surface area (Å²) in [5, 5.41) is 32.2. The number of hydrogen-bond acceptors (Lipinski definition) is 6. The van der Waals surface area contributed by atoms with Gasteiger partial charge in [-0.2, -0.15) is 0 Å². The van der Waals surface area contributed by atoms with E-state index in [1.807, 2.05) is 13.8 Å². The van der Waals surface area contributed by atoms with Gasteiger partial charge in [-0.25, -0.2) is 4.79 Å². The number of aliphatic carboxylic acids is 1. The quantitative estimate of drug-likeness (QED) is 0.446. The molecule has 0 heterocycles. The lowest BCUT2D eigenvalue weighted by Crippen LogP contribution is -2.47. The van der Waals surface area contributed by atoms with E-state index in [2.05, 4.69) is 5.32 Å². The zero-order valence-corrected chi connectivity index (χ0v) is 14.3. The number of methoxy groups -OCH3 is 1. The molecule has 0 aliphatic rings. The van der Waals surface area contributed by atoms with Crippen molar-refractivity contribution in [1.82, 2.24) is 5.32 Å². The van der Waals surface area contributed by atoms with Gasteiger partial charge in [0.2, 0.25) is 5.91 Å². The molecule has 2 atom stereocenters. The Morgan fingerprint density at radius 1 is 1.36 bits per heavy atom. The number of amides is 1. The van der Waals surface area contributed by atoms with Gasteiger partial charge in [-0.15, -0.1) is 0 Å². The summed E-state index contributed by atoms with van der Waals surface area (Å²) in [6.45, 7) is 3.64. The minimum Gasteiger partial charge on any atom is -0.496 e. The third kappa shape index (κ3) is 6.03. The van der Waals surface area contributed by atoms with E-state index in [-0.39, 0.29) is 35.8 Å². The topological polar surface area (TPSA) is 139 Å². The molecule has 0 aromatic heterocycles.